The molecule has 25 nitrogen and oxygen atoms in total. The van der Waals surface area contributed by atoms with E-state index in [0.717, 1.165) is 99.5 Å². The van der Waals surface area contributed by atoms with Crippen molar-refractivity contribution in [2.75, 3.05) is 33.9 Å². The van der Waals surface area contributed by atoms with Crippen LogP contribution in [0.25, 0.3) is 0 Å². The molecular weight excluding hydrogens is 1590 g/mol. The Hall–Kier alpha value is -11.5. The number of rotatable bonds is 34. The van der Waals surface area contributed by atoms with Crippen molar-refractivity contribution >= 4 is 128 Å². The second-order valence-electron chi connectivity index (χ2n) is 27.4. The molecule has 0 aliphatic heterocycles. The minimum Gasteiger partial charge on any atom is -0.747 e. The van der Waals surface area contributed by atoms with Crippen LogP contribution in [-0.4, -0.2) is 43.5 Å². The summed E-state index contributed by atoms with van der Waals surface area (Å²) in [6.07, 6.45) is 14.5. The minimum absolute atomic E-state index is 0. The van der Waals surface area contributed by atoms with Gasteiger partial charge in [-0.25, -0.2) is 16.8 Å². The average Bonchev–Trinajstić information content (AvgIpc) is 0.885. The molecule has 6 N–H and O–H groups in total. The molecule has 0 aliphatic carbocycles. The van der Waals surface area contributed by atoms with E-state index < -0.39 is 32.0 Å². The number of hydrogen-bond acceptors (Lipinski definition) is 25. The van der Waals surface area contributed by atoms with Gasteiger partial charge in [0, 0.05) is 29.2 Å². The second-order valence-corrected chi connectivity index (χ2v) is 30.2. The predicted molar refractivity (Wildman–Crippen MR) is 481 cm³/mol. The second kappa shape index (κ2) is 55.5. The Morgan fingerprint density at radius 1 is 0.270 bits per heavy atom. The monoisotopic (exact) mass is 1690 g/mol. The Balaban J connectivity index is 0.000000242. The number of nitrogens with two attached hydrogens (primary N) is 2. The van der Waals surface area contributed by atoms with Gasteiger partial charge < -0.3 is 31.2 Å². The van der Waals surface area contributed by atoms with E-state index in [9.17, 15) is 30.7 Å². The molecule has 29 heteroatoms. The fraction of sp³-hybridized carbons (Fsp3) is 0.215. The van der Waals surface area contributed by atoms with E-state index in [1.54, 1.807) is 85.8 Å². The number of unbranched alkanes of at least 4 members (excludes halogenated alkanes) is 4. The maximum absolute atomic E-state index is 11.2. The molecule has 12 aromatic rings. The molecule has 0 atom stereocenters. The number of anilines is 4. The molecule has 0 heterocycles. The number of benzene rings is 12. The van der Waals surface area contributed by atoms with E-state index in [2.05, 4.69) is 158 Å². The first kappa shape index (κ1) is 99.3. The molecule has 0 unspecified atom stereocenters. The van der Waals surface area contributed by atoms with Gasteiger partial charge in [0.1, 0.15) is 37.8 Å². The maximum Gasteiger partial charge on any atom is 1.00 e. The van der Waals surface area contributed by atoms with Gasteiger partial charge in [0.25, 0.3) is 0 Å². The third kappa shape index (κ3) is 41.7. The van der Waals surface area contributed by atoms with E-state index in [1.807, 2.05) is 170 Å². The van der Waals surface area contributed by atoms with Gasteiger partial charge in [0.05, 0.1) is 79.6 Å². The summed E-state index contributed by atoms with van der Waals surface area (Å²) in [6.45, 7) is 10.4. The molecule has 12 rings (SSSR count). The van der Waals surface area contributed by atoms with Crippen LogP contribution in [0.1, 0.15) is 114 Å². The van der Waals surface area contributed by atoms with E-state index in [1.165, 1.54) is 73.6 Å². The summed E-state index contributed by atoms with van der Waals surface area (Å²) in [6, 6.07) is 92.3. The number of para-hydroxylation sites is 1. The van der Waals surface area contributed by atoms with Gasteiger partial charge >= 0.3 is 59.1 Å². The normalized spacial score (nSPS) is 11.3. The van der Waals surface area contributed by atoms with Crippen LogP contribution in [0.5, 0.6) is 0 Å². The predicted octanol–water partition coefficient (Wildman–Crippen LogP) is 21.8. The summed E-state index contributed by atoms with van der Waals surface area (Å²) >= 11 is 0. The van der Waals surface area contributed by atoms with Gasteiger partial charge in [-0.05, 0) is 304 Å². The van der Waals surface area contributed by atoms with Crippen LogP contribution in [0.2, 0.25) is 0 Å². The summed E-state index contributed by atoms with van der Waals surface area (Å²) in [5.41, 5.74) is 30.8. The van der Waals surface area contributed by atoms with Gasteiger partial charge in [-0.2, -0.15) is 71.6 Å². The largest absolute Gasteiger partial charge is 1.00 e. The van der Waals surface area contributed by atoms with Crippen molar-refractivity contribution in [2.45, 2.75) is 118 Å². The quantitative estimate of drug-likeness (QED) is 0.0127. The standard InChI is InChI=1S/C25H26N4O.C23H25N5O3S.C22H23N5.C16H19N3.C7H9NO3S.2Na/c1-3-4-5-20-6-10-22(11-7-20)26-28-24-14-16-25(17-15-24)29-27-23-12-8-21(9-13-23)18-19(2)30;1-2-3-4-18-5-7-20(8-6-18)25-27-22-13-15-23(16-14-22)28-26-21-11-9-19(10-12-21)24-17-32(29,30)31;1-2-3-4-17-5-9-19(10-6-17)24-26-21-13-15-22(16-14-21)27-25-20-11-7-18(23)8-12-20;1-2-3-4-13-5-9-15(10-6-13)18-19-16-11-7-14(17)8-12-16;9-12(10,11)6-8-7-4-2-1-3-5-7;;/h6-17H,3-5,18H2,1-2H3;5-16,24H,2-4,17H2,1H3,(H,29,30,31);5-16H,2-4,23H2,1H3;5-12H,2-4,17H2,1H3;1-5,8H,6H2,(H,9,10,11);;/q;;;;;2*+1/p-2. The van der Waals surface area contributed by atoms with Gasteiger partial charge in [0.2, 0.25) is 0 Å². The summed E-state index contributed by atoms with van der Waals surface area (Å²) in [4.78, 5) is 11.2. The summed E-state index contributed by atoms with van der Waals surface area (Å²) in [7, 11) is -8.51. The topological polar surface area (TPSA) is 381 Å². The number of nitrogens with one attached hydrogen (secondary N) is 2. The first-order valence-corrected chi connectivity index (χ1v) is 42.6. The number of Topliss-reactive ketones (excluding diaryl/α,β-unsaturated/α-hetero) is 1. The third-order valence-corrected chi connectivity index (χ3v) is 18.3. The van der Waals surface area contributed by atoms with Gasteiger partial charge in [-0.3, -0.25) is 4.79 Å². The van der Waals surface area contributed by atoms with Crippen LogP contribution in [0.4, 0.5) is 102 Å². The first-order chi connectivity index (χ1) is 58.1. The zero-order chi connectivity index (χ0) is 85.4. The number of carbonyl (C=O) groups excluding carboxylic acids is 1. The number of nitrogens with zero attached hydrogens (tertiary/aromatic N) is 14. The maximum atomic E-state index is 11.2. The minimum atomic E-state index is -4.32. The van der Waals surface area contributed by atoms with E-state index >= 15 is 0 Å². The Morgan fingerprint density at radius 3 is 0.631 bits per heavy atom. The van der Waals surface area contributed by atoms with Crippen molar-refractivity contribution in [2.24, 2.45) is 71.6 Å². The van der Waals surface area contributed by atoms with Crippen LogP contribution in [0, 0.1) is 0 Å². The van der Waals surface area contributed by atoms with Crippen LogP contribution < -0.4 is 81.2 Å². The number of aryl methyl sites for hydroxylation is 4. The van der Waals surface area contributed by atoms with Crippen molar-refractivity contribution in [3.63, 3.8) is 0 Å². The molecule has 0 bridgehead atoms. The molecule has 122 heavy (non-hydrogen) atoms. The molecule has 12 aromatic carbocycles. The van der Waals surface area contributed by atoms with Crippen molar-refractivity contribution in [3.05, 3.63) is 325 Å². The van der Waals surface area contributed by atoms with Crippen molar-refractivity contribution < 1.29 is 89.9 Å². The van der Waals surface area contributed by atoms with Crippen LogP contribution in [0.3, 0.4) is 0 Å². The molecule has 0 saturated carbocycles. The summed E-state index contributed by atoms with van der Waals surface area (Å²) < 4.78 is 62.5. The van der Waals surface area contributed by atoms with Gasteiger partial charge in [0.15, 0.2) is 0 Å². The first-order valence-electron chi connectivity index (χ1n) is 39.5. The molecule has 0 fully saturated rings. The fourth-order valence-electron chi connectivity index (χ4n) is 10.6. The third-order valence-electron chi connectivity index (χ3n) is 17.3. The zero-order valence-electron chi connectivity index (χ0n) is 70.0. The molecule has 618 valence electrons. The number of carbonyl (C=O) groups is 1. The van der Waals surface area contributed by atoms with E-state index in [0.29, 0.717) is 40.5 Å². The summed E-state index contributed by atoms with van der Waals surface area (Å²) in [5.74, 6) is -1.09. The van der Waals surface area contributed by atoms with Crippen molar-refractivity contribution in [1.82, 2.24) is 0 Å². The van der Waals surface area contributed by atoms with Crippen LogP contribution in [-0.2, 0) is 57.1 Å². The molecule has 0 radical (unpaired) electrons. The number of nitrogen functional groups attached to an aromatic ring is 2. The number of hydrogen-bond donors (Lipinski definition) is 4. The van der Waals surface area contributed by atoms with Crippen molar-refractivity contribution in [3.8, 4) is 0 Å². The van der Waals surface area contributed by atoms with Crippen molar-refractivity contribution in [1.29, 1.82) is 0 Å². The van der Waals surface area contributed by atoms with Crippen LogP contribution in [0.15, 0.2) is 369 Å². The Labute approximate surface area is 760 Å². The molecule has 0 saturated heterocycles. The smallest absolute Gasteiger partial charge is 0.747 e. The van der Waals surface area contributed by atoms with Gasteiger partial charge in [-0.1, -0.05) is 132 Å². The molecule has 0 aliphatic rings. The van der Waals surface area contributed by atoms with E-state index in [-0.39, 0.29) is 64.9 Å². The Bertz CT molecular complexity index is 5500. The van der Waals surface area contributed by atoms with Gasteiger partial charge in [-0.15, -0.1) is 0 Å². The molecule has 0 aromatic heterocycles. The molecular formula is C93H100N18Na2O7S2. The molecule has 0 amide bonds. The summed E-state index contributed by atoms with van der Waals surface area (Å²) in [5, 5.41) is 64.3. The SMILES string of the molecule is CCCCc1ccc(N=Nc2ccc(N)cc2)cc1.CCCCc1ccc(N=Nc2ccc(N=Nc3ccc(CC(C)=O)cc3)cc2)cc1.CCCCc1ccc(N=Nc2ccc(N=Nc3ccc(N)cc3)cc2)cc1.CCCCc1ccc(N=Nc2ccc(N=Nc3ccc(NCS(=O)(=O)[O-])cc3)cc2)cc1.O=S(=O)([O-])CNc1ccccc1.[Na+].[Na+]. The zero-order valence-corrected chi connectivity index (χ0v) is 75.6. The fourth-order valence-corrected chi connectivity index (χ4v) is 11.3. The Morgan fingerprint density at radius 2 is 0.443 bits per heavy atom. The Kier molecular flexibility index (Phi) is 45.2. The average molecular weight is 1690 g/mol. The number of ketones is 1. The van der Waals surface area contributed by atoms with E-state index in [4.69, 9.17) is 11.5 Å². The van der Waals surface area contributed by atoms with Crippen LogP contribution >= 0.6 is 0 Å². The molecule has 0 spiro atoms. The number of azo groups is 7.